The summed E-state index contributed by atoms with van der Waals surface area (Å²) in [6.45, 7) is -0.0961. The summed E-state index contributed by atoms with van der Waals surface area (Å²) >= 11 is 6.21. The van der Waals surface area contributed by atoms with Crippen LogP contribution in [0.2, 0.25) is 5.02 Å². The number of sulfonamides is 1. The minimum Gasteiger partial charge on any atom is -0.477 e. The lowest BCUT2D eigenvalue weighted by atomic mass is 9.76. The van der Waals surface area contributed by atoms with E-state index in [1.54, 1.807) is 66.5 Å². The van der Waals surface area contributed by atoms with E-state index in [1.807, 2.05) is 0 Å². The van der Waals surface area contributed by atoms with Gasteiger partial charge in [-0.15, -0.1) is 0 Å². The standard InChI is InChI=1S/C30H33ClN4O7S/c1-34-20(15-16-25(34)30(38)39)17-42-32-28(36)26-21-7-3-4-8-22(21)29(37)35(27(26)18-11-13-19(31)14-12-18)24-10-6-5-9-23(24)33-43(2,40)41/h3-4,7-8,11-16,23-24,26-27,33H,5-6,9-10,17H2,1-2H3,(H,32,36)(H,38,39)/t23-,24-,26+,27-/m0/s1. The van der Waals surface area contributed by atoms with Gasteiger partial charge in [-0.1, -0.05) is 54.8 Å². The lowest BCUT2D eigenvalue weighted by Crippen LogP contribution is -2.59. The predicted octanol–water partition coefficient (Wildman–Crippen LogP) is 3.77. The first-order chi connectivity index (χ1) is 20.5. The molecule has 0 unspecified atom stereocenters. The molecule has 4 atom stereocenters. The number of nitrogens with zero attached hydrogens (tertiary/aromatic N) is 2. The molecule has 0 radical (unpaired) electrons. The number of carboxylic acids is 1. The first-order valence-corrected chi connectivity index (χ1v) is 16.2. The number of carbonyl (C=O) groups is 3. The Hall–Kier alpha value is -3.71. The number of hydrogen-bond acceptors (Lipinski definition) is 6. The predicted molar refractivity (Wildman–Crippen MR) is 159 cm³/mol. The highest BCUT2D eigenvalue weighted by molar-refractivity contribution is 7.88. The average Bonchev–Trinajstić information content (AvgIpc) is 3.33. The molecule has 13 heteroatoms. The first-order valence-electron chi connectivity index (χ1n) is 13.9. The maximum Gasteiger partial charge on any atom is 0.352 e. The van der Waals surface area contributed by atoms with Crippen molar-refractivity contribution < 1.29 is 32.7 Å². The van der Waals surface area contributed by atoms with Gasteiger partial charge in [0.05, 0.1) is 18.2 Å². The van der Waals surface area contributed by atoms with Crippen LogP contribution in [-0.4, -0.2) is 59.1 Å². The maximum atomic E-state index is 14.2. The van der Waals surface area contributed by atoms with Gasteiger partial charge in [-0.25, -0.2) is 23.4 Å². The fourth-order valence-electron chi connectivity index (χ4n) is 6.23. The molecule has 2 amide bonds. The minimum absolute atomic E-state index is 0.0767. The fraction of sp³-hybridized carbons (Fsp3) is 0.367. The molecule has 3 aromatic rings. The van der Waals surface area contributed by atoms with Crippen LogP contribution in [0.5, 0.6) is 0 Å². The summed E-state index contributed by atoms with van der Waals surface area (Å²) in [5, 5.41) is 9.82. The van der Waals surface area contributed by atoms with Crippen LogP contribution in [0.1, 0.15) is 75.3 Å². The molecular formula is C30H33ClN4O7S. The molecule has 2 heterocycles. The normalized spacial score (nSPS) is 22.2. The molecular weight excluding hydrogens is 596 g/mol. The number of hydroxylamine groups is 1. The molecule has 43 heavy (non-hydrogen) atoms. The van der Waals surface area contributed by atoms with E-state index in [1.165, 1.54) is 10.6 Å². The second-order valence-electron chi connectivity index (χ2n) is 11.0. The van der Waals surface area contributed by atoms with Crippen LogP contribution >= 0.6 is 11.6 Å². The Bertz CT molecular complexity index is 1640. The quantitative estimate of drug-likeness (QED) is 0.306. The number of rotatable bonds is 9. The molecule has 1 aromatic heterocycles. The number of amides is 2. The Balaban J connectivity index is 1.54. The van der Waals surface area contributed by atoms with Crippen LogP contribution in [0.4, 0.5) is 0 Å². The molecule has 1 saturated carbocycles. The fourth-order valence-corrected chi connectivity index (χ4v) is 7.18. The number of aromatic nitrogens is 1. The highest BCUT2D eigenvalue weighted by atomic mass is 35.5. The van der Waals surface area contributed by atoms with E-state index in [9.17, 15) is 27.9 Å². The third-order valence-electron chi connectivity index (χ3n) is 8.16. The van der Waals surface area contributed by atoms with E-state index in [0.29, 0.717) is 40.2 Å². The van der Waals surface area contributed by atoms with E-state index in [4.69, 9.17) is 16.4 Å². The highest BCUT2D eigenvalue weighted by Gasteiger charge is 2.49. The van der Waals surface area contributed by atoms with Crippen molar-refractivity contribution in [3.8, 4) is 0 Å². The van der Waals surface area contributed by atoms with Crippen LogP contribution in [0.3, 0.4) is 0 Å². The van der Waals surface area contributed by atoms with Gasteiger partial charge in [-0.3, -0.25) is 14.4 Å². The van der Waals surface area contributed by atoms with E-state index in [0.717, 1.165) is 19.1 Å². The van der Waals surface area contributed by atoms with Crippen molar-refractivity contribution in [2.24, 2.45) is 7.05 Å². The zero-order valence-corrected chi connectivity index (χ0v) is 25.3. The summed E-state index contributed by atoms with van der Waals surface area (Å²) in [6.07, 6.45) is 3.79. The van der Waals surface area contributed by atoms with Crippen molar-refractivity contribution in [2.45, 2.75) is 56.3 Å². The average molecular weight is 629 g/mol. The van der Waals surface area contributed by atoms with Crippen LogP contribution < -0.4 is 10.2 Å². The number of benzene rings is 2. The maximum absolute atomic E-state index is 14.2. The molecule has 1 aliphatic carbocycles. The molecule has 2 aliphatic rings. The van der Waals surface area contributed by atoms with Gasteiger partial charge in [0.2, 0.25) is 10.0 Å². The Morgan fingerprint density at radius 2 is 1.74 bits per heavy atom. The van der Waals surface area contributed by atoms with Gasteiger partial charge in [0.25, 0.3) is 11.8 Å². The van der Waals surface area contributed by atoms with Crippen molar-refractivity contribution in [3.05, 3.63) is 93.8 Å². The number of fused-ring (bicyclic) bond motifs is 1. The summed E-state index contributed by atoms with van der Waals surface area (Å²) < 4.78 is 28.8. The number of hydrogen-bond donors (Lipinski definition) is 3. The number of halogens is 1. The van der Waals surface area contributed by atoms with E-state index < -0.39 is 45.9 Å². The first kappa shape index (κ1) is 30.7. The van der Waals surface area contributed by atoms with E-state index in [2.05, 4.69) is 10.2 Å². The number of carboxylic acid groups (broad SMARTS) is 1. The van der Waals surface area contributed by atoms with Gasteiger partial charge < -0.3 is 14.6 Å². The Kier molecular flexibility index (Phi) is 8.93. The smallest absolute Gasteiger partial charge is 0.352 e. The van der Waals surface area contributed by atoms with Crippen molar-refractivity contribution in [1.29, 1.82) is 0 Å². The largest absolute Gasteiger partial charge is 0.477 e. The minimum atomic E-state index is -3.58. The van der Waals surface area contributed by atoms with Gasteiger partial charge in [0.15, 0.2) is 0 Å². The van der Waals surface area contributed by atoms with Crippen LogP contribution in [0.15, 0.2) is 60.7 Å². The molecule has 1 aliphatic heterocycles. The molecule has 3 N–H and O–H groups in total. The van der Waals surface area contributed by atoms with E-state index >= 15 is 0 Å². The summed E-state index contributed by atoms with van der Waals surface area (Å²) in [7, 11) is -1.99. The van der Waals surface area contributed by atoms with Crippen LogP contribution in [-0.2, 0) is 33.3 Å². The Labute approximate surface area is 254 Å². The van der Waals surface area contributed by atoms with Crippen molar-refractivity contribution in [3.63, 3.8) is 0 Å². The van der Waals surface area contributed by atoms with Crippen molar-refractivity contribution in [2.75, 3.05) is 6.26 Å². The molecule has 11 nitrogen and oxygen atoms in total. The number of nitrogens with one attached hydrogen (secondary N) is 2. The second kappa shape index (κ2) is 12.5. The summed E-state index contributed by atoms with van der Waals surface area (Å²) in [6, 6.07) is 15.0. The third-order valence-corrected chi connectivity index (χ3v) is 9.14. The SMILES string of the molecule is Cn1c(CONC(=O)[C@@H]2c3ccccc3C(=O)N([C@H]3CCCC[C@@H]3NS(C)(=O)=O)[C@H]2c2ccc(Cl)cc2)ccc1C(=O)O. The second-order valence-corrected chi connectivity index (χ2v) is 13.2. The molecule has 5 rings (SSSR count). The van der Waals surface area contributed by atoms with Gasteiger partial charge in [-0.05, 0) is 54.3 Å². The van der Waals surface area contributed by atoms with Gasteiger partial charge in [-0.2, -0.15) is 0 Å². The highest BCUT2D eigenvalue weighted by Crippen LogP contribution is 2.46. The van der Waals surface area contributed by atoms with E-state index in [-0.39, 0.29) is 18.2 Å². The number of carbonyl (C=O) groups excluding carboxylic acids is 2. The summed E-state index contributed by atoms with van der Waals surface area (Å²) in [5.41, 5.74) is 4.66. The third kappa shape index (κ3) is 6.47. The monoisotopic (exact) mass is 628 g/mol. The molecule has 0 bridgehead atoms. The topological polar surface area (TPSA) is 147 Å². The Morgan fingerprint density at radius 1 is 1.05 bits per heavy atom. The van der Waals surface area contributed by atoms with Crippen LogP contribution in [0.25, 0.3) is 0 Å². The molecule has 0 spiro atoms. The van der Waals surface area contributed by atoms with Crippen molar-refractivity contribution in [1.82, 2.24) is 19.7 Å². The zero-order chi connectivity index (χ0) is 30.9. The molecule has 228 valence electrons. The van der Waals surface area contributed by atoms with Crippen molar-refractivity contribution >= 4 is 39.4 Å². The number of aromatic carboxylic acids is 1. The van der Waals surface area contributed by atoms with Gasteiger partial charge in [0, 0.05) is 35.4 Å². The summed E-state index contributed by atoms with van der Waals surface area (Å²) in [5.74, 6) is -2.81. The molecule has 2 aromatic carbocycles. The lowest BCUT2D eigenvalue weighted by Gasteiger charge is -2.49. The molecule has 1 fully saturated rings. The Morgan fingerprint density at radius 3 is 2.42 bits per heavy atom. The van der Waals surface area contributed by atoms with Crippen LogP contribution in [0, 0.1) is 0 Å². The lowest BCUT2D eigenvalue weighted by molar-refractivity contribution is -0.138. The molecule has 0 saturated heterocycles. The van der Waals surface area contributed by atoms with Gasteiger partial charge in [0.1, 0.15) is 12.3 Å². The summed E-state index contributed by atoms with van der Waals surface area (Å²) in [4.78, 5) is 46.9. The van der Waals surface area contributed by atoms with Gasteiger partial charge >= 0.3 is 5.97 Å². The zero-order valence-electron chi connectivity index (χ0n) is 23.7.